The number of benzene rings is 1. The van der Waals surface area contributed by atoms with E-state index in [0.29, 0.717) is 30.3 Å². The number of amides is 2. The fraction of sp³-hybridized carbons (Fsp3) is 0.529. The molecule has 0 fully saturated rings. The second kappa shape index (κ2) is 7.19. The standard InChI is InChI=1S/C17H25N3O4/c1-17(2,3)16(22)20-7-8-24-14-6-5-11(9-13(14)20)19-15(21)12(18)10-23-4/h5-6,9,12H,7-8,10,18H2,1-4H3,(H,19,21). The number of carbonyl (C=O) groups excluding carboxylic acids is 2. The van der Waals surface area contributed by atoms with Crippen LogP contribution in [0.4, 0.5) is 11.4 Å². The number of nitrogens with zero attached hydrogens (tertiary/aromatic N) is 1. The lowest BCUT2D eigenvalue weighted by molar-refractivity contribution is -0.126. The number of carbonyl (C=O) groups is 2. The van der Waals surface area contributed by atoms with Crippen LogP contribution in [0.5, 0.6) is 5.75 Å². The van der Waals surface area contributed by atoms with Crippen LogP contribution in [0.25, 0.3) is 0 Å². The maximum absolute atomic E-state index is 12.7. The average molecular weight is 335 g/mol. The summed E-state index contributed by atoms with van der Waals surface area (Å²) >= 11 is 0. The number of hydrogen-bond acceptors (Lipinski definition) is 5. The molecular weight excluding hydrogens is 310 g/mol. The summed E-state index contributed by atoms with van der Waals surface area (Å²) in [6.45, 7) is 6.68. The Hall–Kier alpha value is -2.12. The average Bonchev–Trinajstić information content (AvgIpc) is 2.52. The molecule has 0 saturated heterocycles. The molecule has 132 valence electrons. The van der Waals surface area contributed by atoms with E-state index in [-0.39, 0.29) is 18.4 Å². The van der Waals surface area contributed by atoms with Crippen molar-refractivity contribution in [2.24, 2.45) is 11.1 Å². The highest BCUT2D eigenvalue weighted by Crippen LogP contribution is 2.36. The minimum absolute atomic E-state index is 0.00612. The van der Waals surface area contributed by atoms with Gasteiger partial charge in [-0.25, -0.2) is 0 Å². The van der Waals surface area contributed by atoms with Crippen LogP contribution in [0.1, 0.15) is 20.8 Å². The molecule has 0 saturated carbocycles. The van der Waals surface area contributed by atoms with E-state index in [2.05, 4.69) is 5.32 Å². The smallest absolute Gasteiger partial charge is 0.243 e. The van der Waals surface area contributed by atoms with Crippen molar-refractivity contribution in [3.63, 3.8) is 0 Å². The second-order valence-corrected chi connectivity index (χ2v) is 6.79. The zero-order valence-electron chi connectivity index (χ0n) is 14.6. The molecular formula is C17H25N3O4. The third-order valence-corrected chi connectivity index (χ3v) is 3.66. The van der Waals surface area contributed by atoms with E-state index in [1.165, 1.54) is 7.11 Å². The van der Waals surface area contributed by atoms with Crippen molar-refractivity contribution in [3.05, 3.63) is 18.2 Å². The van der Waals surface area contributed by atoms with Crippen LogP contribution in [0.15, 0.2) is 18.2 Å². The number of anilines is 2. The summed E-state index contributed by atoms with van der Waals surface area (Å²) < 4.78 is 10.5. The minimum atomic E-state index is -0.755. The van der Waals surface area contributed by atoms with Gasteiger partial charge in [-0.3, -0.25) is 9.59 Å². The van der Waals surface area contributed by atoms with Gasteiger partial charge in [-0.05, 0) is 18.2 Å². The number of methoxy groups -OCH3 is 1. The van der Waals surface area contributed by atoms with Crippen LogP contribution in [-0.2, 0) is 14.3 Å². The highest BCUT2D eigenvalue weighted by Gasteiger charge is 2.32. The first kappa shape index (κ1) is 18.2. The van der Waals surface area contributed by atoms with E-state index >= 15 is 0 Å². The van der Waals surface area contributed by atoms with Crippen molar-refractivity contribution in [1.82, 2.24) is 0 Å². The third kappa shape index (κ3) is 4.04. The van der Waals surface area contributed by atoms with Crippen molar-refractivity contribution in [1.29, 1.82) is 0 Å². The molecule has 0 aliphatic carbocycles. The maximum atomic E-state index is 12.7. The Morgan fingerprint density at radius 2 is 2.12 bits per heavy atom. The summed E-state index contributed by atoms with van der Waals surface area (Å²) in [5.74, 6) is 0.284. The predicted octanol–water partition coefficient (Wildman–Crippen LogP) is 1.37. The van der Waals surface area contributed by atoms with Crippen LogP contribution in [-0.4, -0.2) is 44.7 Å². The van der Waals surface area contributed by atoms with E-state index in [1.807, 2.05) is 20.8 Å². The molecule has 0 spiro atoms. The second-order valence-electron chi connectivity index (χ2n) is 6.79. The summed E-state index contributed by atoms with van der Waals surface area (Å²) in [6.07, 6.45) is 0. The Morgan fingerprint density at radius 3 is 2.75 bits per heavy atom. The summed E-state index contributed by atoms with van der Waals surface area (Å²) in [4.78, 5) is 26.4. The first-order valence-corrected chi connectivity index (χ1v) is 7.88. The Balaban J connectivity index is 2.24. The van der Waals surface area contributed by atoms with E-state index in [0.717, 1.165) is 0 Å². The van der Waals surface area contributed by atoms with E-state index in [4.69, 9.17) is 15.2 Å². The molecule has 3 N–H and O–H groups in total. The Labute approximate surface area is 142 Å². The summed E-state index contributed by atoms with van der Waals surface area (Å²) in [7, 11) is 1.49. The van der Waals surface area contributed by atoms with Crippen molar-refractivity contribution in [2.75, 3.05) is 37.1 Å². The number of rotatable bonds is 4. The summed E-state index contributed by atoms with van der Waals surface area (Å²) in [5.41, 5.74) is 6.42. The third-order valence-electron chi connectivity index (χ3n) is 3.66. The largest absolute Gasteiger partial charge is 0.490 e. The first-order valence-electron chi connectivity index (χ1n) is 7.88. The number of nitrogens with one attached hydrogen (secondary N) is 1. The zero-order chi connectivity index (χ0) is 17.9. The van der Waals surface area contributed by atoms with Gasteiger partial charge in [0.25, 0.3) is 0 Å². The Morgan fingerprint density at radius 1 is 1.42 bits per heavy atom. The van der Waals surface area contributed by atoms with Gasteiger partial charge in [0.05, 0.1) is 18.8 Å². The lowest BCUT2D eigenvalue weighted by atomic mass is 9.94. The van der Waals surface area contributed by atoms with Gasteiger partial charge in [0, 0.05) is 18.2 Å². The number of hydrogen-bond donors (Lipinski definition) is 2. The molecule has 0 bridgehead atoms. The van der Waals surface area contributed by atoms with Gasteiger partial charge >= 0.3 is 0 Å². The molecule has 7 nitrogen and oxygen atoms in total. The fourth-order valence-corrected chi connectivity index (χ4v) is 2.40. The molecule has 1 aliphatic heterocycles. The SMILES string of the molecule is COCC(N)C(=O)Nc1ccc2c(c1)N(C(=O)C(C)(C)C)CCO2. The van der Waals surface area contributed by atoms with E-state index in [1.54, 1.807) is 23.1 Å². The number of nitrogens with two attached hydrogens (primary N) is 1. The minimum Gasteiger partial charge on any atom is -0.490 e. The molecule has 24 heavy (non-hydrogen) atoms. The van der Waals surface area contributed by atoms with Crippen LogP contribution in [0.2, 0.25) is 0 Å². The highest BCUT2D eigenvalue weighted by atomic mass is 16.5. The van der Waals surface area contributed by atoms with E-state index in [9.17, 15) is 9.59 Å². The monoisotopic (exact) mass is 335 g/mol. The molecule has 2 amide bonds. The maximum Gasteiger partial charge on any atom is 0.243 e. The molecule has 7 heteroatoms. The van der Waals surface area contributed by atoms with Gasteiger partial charge in [0.1, 0.15) is 18.4 Å². The van der Waals surface area contributed by atoms with E-state index < -0.39 is 11.5 Å². The van der Waals surface area contributed by atoms with Gasteiger partial charge in [0.2, 0.25) is 11.8 Å². The summed E-state index contributed by atoms with van der Waals surface area (Å²) in [6, 6.07) is 4.45. The Kier molecular flexibility index (Phi) is 5.46. The van der Waals surface area contributed by atoms with Crippen LogP contribution in [0.3, 0.4) is 0 Å². The van der Waals surface area contributed by atoms with Crippen molar-refractivity contribution < 1.29 is 19.1 Å². The van der Waals surface area contributed by atoms with Gasteiger partial charge in [-0.2, -0.15) is 0 Å². The molecule has 1 atom stereocenters. The van der Waals surface area contributed by atoms with Gasteiger partial charge < -0.3 is 25.4 Å². The van der Waals surface area contributed by atoms with Crippen LogP contribution < -0.4 is 20.7 Å². The molecule has 1 heterocycles. The molecule has 0 aromatic heterocycles. The number of ether oxygens (including phenoxy) is 2. The molecule has 1 aliphatic rings. The van der Waals surface area contributed by atoms with Crippen LogP contribution in [0, 0.1) is 5.41 Å². The molecule has 2 rings (SSSR count). The zero-order valence-corrected chi connectivity index (χ0v) is 14.6. The molecule has 1 unspecified atom stereocenters. The predicted molar refractivity (Wildman–Crippen MR) is 92.2 cm³/mol. The van der Waals surface area contributed by atoms with Gasteiger partial charge in [0.15, 0.2) is 0 Å². The highest BCUT2D eigenvalue weighted by molar-refractivity contribution is 6.00. The first-order chi connectivity index (χ1) is 11.2. The molecule has 1 aromatic rings. The molecule has 1 aromatic carbocycles. The Bertz CT molecular complexity index is 625. The fourth-order valence-electron chi connectivity index (χ4n) is 2.40. The lowest BCUT2D eigenvalue weighted by Gasteiger charge is -2.34. The van der Waals surface area contributed by atoms with Crippen LogP contribution >= 0.6 is 0 Å². The normalized spacial score (nSPS) is 15.3. The van der Waals surface area contributed by atoms with Gasteiger partial charge in [-0.1, -0.05) is 20.8 Å². The summed E-state index contributed by atoms with van der Waals surface area (Å²) in [5, 5.41) is 2.74. The molecule has 0 radical (unpaired) electrons. The topological polar surface area (TPSA) is 93.9 Å². The van der Waals surface area contributed by atoms with Gasteiger partial charge in [-0.15, -0.1) is 0 Å². The lowest BCUT2D eigenvalue weighted by Crippen LogP contribution is -2.44. The van der Waals surface area contributed by atoms with Crippen molar-refractivity contribution in [3.8, 4) is 5.75 Å². The van der Waals surface area contributed by atoms with Crippen molar-refractivity contribution in [2.45, 2.75) is 26.8 Å². The number of fused-ring (bicyclic) bond motifs is 1. The quantitative estimate of drug-likeness (QED) is 0.867. The van der Waals surface area contributed by atoms with Crippen molar-refractivity contribution >= 4 is 23.2 Å².